The minimum atomic E-state index is -0.245. The van der Waals surface area contributed by atoms with Crippen molar-refractivity contribution in [2.75, 3.05) is 18.4 Å². The second-order valence-corrected chi connectivity index (χ2v) is 6.03. The van der Waals surface area contributed by atoms with E-state index in [0.29, 0.717) is 24.1 Å². The van der Waals surface area contributed by atoms with Gasteiger partial charge in [0.1, 0.15) is 5.78 Å². The molecule has 0 bridgehead atoms. The number of ketones is 1. The molecule has 2 amide bonds. The van der Waals surface area contributed by atoms with E-state index in [2.05, 4.69) is 5.32 Å². The van der Waals surface area contributed by atoms with Crippen LogP contribution in [0.1, 0.15) is 42.5 Å². The lowest BCUT2D eigenvalue weighted by atomic mass is 9.83. The molecule has 1 aliphatic carbocycles. The summed E-state index contributed by atoms with van der Waals surface area (Å²) in [7, 11) is 0. The summed E-state index contributed by atoms with van der Waals surface area (Å²) in [5.41, 5.74) is 1.07. The summed E-state index contributed by atoms with van der Waals surface area (Å²) in [5.74, 6) is -0.317. The Morgan fingerprint density at radius 2 is 1.73 bits per heavy atom. The summed E-state index contributed by atoms with van der Waals surface area (Å²) >= 11 is 0. The molecule has 3 rings (SSSR count). The lowest BCUT2D eigenvalue weighted by molar-refractivity contribution is -0.135. The van der Waals surface area contributed by atoms with E-state index in [1.165, 1.54) is 0 Å². The number of para-hydroxylation sites is 1. The molecule has 0 unspecified atom stereocenters. The Labute approximate surface area is 129 Å². The number of anilines is 1. The quantitative estimate of drug-likeness (QED) is 0.931. The zero-order valence-electron chi connectivity index (χ0n) is 12.5. The van der Waals surface area contributed by atoms with Crippen LogP contribution < -0.4 is 5.32 Å². The fourth-order valence-electron chi connectivity index (χ4n) is 2.96. The predicted molar refractivity (Wildman–Crippen MR) is 82.6 cm³/mol. The second kappa shape index (κ2) is 6.30. The normalized spacial score (nSPS) is 18.7. The van der Waals surface area contributed by atoms with Crippen molar-refractivity contribution in [2.45, 2.75) is 32.1 Å². The van der Waals surface area contributed by atoms with E-state index in [0.717, 1.165) is 32.4 Å². The van der Waals surface area contributed by atoms with E-state index in [1.54, 1.807) is 24.3 Å². The molecule has 1 saturated heterocycles. The lowest BCUT2D eigenvalue weighted by Crippen LogP contribution is -2.37. The fraction of sp³-hybridized carbons (Fsp3) is 0.471. The maximum absolute atomic E-state index is 12.6. The Hall–Kier alpha value is -2.17. The Morgan fingerprint density at radius 1 is 1.05 bits per heavy atom. The number of rotatable bonds is 3. The van der Waals surface area contributed by atoms with E-state index < -0.39 is 0 Å². The topological polar surface area (TPSA) is 66.5 Å². The molecule has 1 aromatic rings. The molecule has 0 atom stereocenters. The number of hydrogen-bond donors (Lipinski definition) is 1. The average Bonchev–Trinajstić information content (AvgIpc) is 2.52. The van der Waals surface area contributed by atoms with E-state index in [1.807, 2.05) is 4.90 Å². The molecule has 1 aliphatic heterocycles. The summed E-state index contributed by atoms with van der Waals surface area (Å²) in [6.07, 6.45) is 3.86. The maximum atomic E-state index is 12.6. The van der Waals surface area contributed by atoms with Crippen molar-refractivity contribution < 1.29 is 14.4 Å². The number of hydrogen-bond acceptors (Lipinski definition) is 3. The van der Waals surface area contributed by atoms with Crippen molar-refractivity contribution in [2.24, 2.45) is 5.92 Å². The van der Waals surface area contributed by atoms with Gasteiger partial charge in [0, 0.05) is 25.9 Å². The third-order valence-corrected chi connectivity index (χ3v) is 4.38. The Kier molecular flexibility index (Phi) is 4.22. The first kappa shape index (κ1) is 14.8. The van der Waals surface area contributed by atoms with Gasteiger partial charge in [-0.2, -0.15) is 0 Å². The molecule has 22 heavy (non-hydrogen) atoms. The molecule has 1 N–H and O–H groups in total. The smallest absolute Gasteiger partial charge is 0.255 e. The highest BCUT2D eigenvalue weighted by atomic mass is 16.2. The van der Waals surface area contributed by atoms with Crippen LogP contribution in [0.5, 0.6) is 0 Å². The highest BCUT2D eigenvalue weighted by molar-refractivity contribution is 6.06. The van der Waals surface area contributed by atoms with E-state index >= 15 is 0 Å². The van der Waals surface area contributed by atoms with Crippen LogP contribution in [0.2, 0.25) is 0 Å². The number of likely N-dealkylation sites (tertiary alicyclic amines) is 1. The van der Waals surface area contributed by atoms with E-state index in [4.69, 9.17) is 0 Å². The zero-order chi connectivity index (χ0) is 15.5. The highest BCUT2D eigenvalue weighted by Crippen LogP contribution is 2.26. The SMILES string of the molecule is O=C1CC(C(=O)Nc2ccccc2C(=O)N2CCCCC2)C1. The van der Waals surface area contributed by atoms with Crippen LogP contribution in [0.25, 0.3) is 0 Å². The summed E-state index contributed by atoms with van der Waals surface area (Å²) < 4.78 is 0. The average molecular weight is 300 g/mol. The Balaban J connectivity index is 1.73. The van der Waals surface area contributed by atoms with Gasteiger partial charge in [-0.25, -0.2) is 0 Å². The summed E-state index contributed by atoms with van der Waals surface area (Å²) in [5, 5.41) is 2.81. The van der Waals surface area contributed by atoms with Crippen LogP contribution in [-0.2, 0) is 9.59 Å². The summed E-state index contributed by atoms with van der Waals surface area (Å²) in [4.78, 5) is 37.6. The number of benzene rings is 1. The van der Waals surface area contributed by atoms with Crippen LogP contribution in [0.4, 0.5) is 5.69 Å². The van der Waals surface area contributed by atoms with Crippen LogP contribution in [0.15, 0.2) is 24.3 Å². The molecule has 0 aromatic heterocycles. The molecule has 5 heteroatoms. The number of carbonyl (C=O) groups is 3. The molecular weight excluding hydrogens is 280 g/mol. The Bertz CT molecular complexity index is 598. The lowest BCUT2D eigenvalue weighted by Gasteiger charge is -2.28. The second-order valence-electron chi connectivity index (χ2n) is 6.03. The fourth-order valence-corrected chi connectivity index (χ4v) is 2.96. The summed E-state index contributed by atoms with van der Waals surface area (Å²) in [6, 6.07) is 7.10. The van der Waals surface area contributed by atoms with Crippen LogP contribution >= 0.6 is 0 Å². The van der Waals surface area contributed by atoms with Crippen LogP contribution in [-0.4, -0.2) is 35.6 Å². The van der Waals surface area contributed by atoms with E-state index in [9.17, 15) is 14.4 Å². The van der Waals surface area contributed by atoms with Gasteiger partial charge < -0.3 is 10.2 Å². The van der Waals surface area contributed by atoms with Crippen molar-refractivity contribution in [3.8, 4) is 0 Å². The van der Waals surface area contributed by atoms with Crippen molar-refractivity contribution in [1.82, 2.24) is 4.90 Å². The van der Waals surface area contributed by atoms with Crippen molar-refractivity contribution in [3.05, 3.63) is 29.8 Å². The highest BCUT2D eigenvalue weighted by Gasteiger charge is 2.33. The van der Waals surface area contributed by atoms with Gasteiger partial charge in [0.15, 0.2) is 0 Å². The van der Waals surface area contributed by atoms with Gasteiger partial charge in [0.05, 0.1) is 17.2 Å². The molecule has 1 aromatic carbocycles. The third kappa shape index (κ3) is 3.03. The molecular formula is C17H20N2O3. The van der Waals surface area contributed by atoms with Gasteiger partial charge in [-0.3, -0.25) is 14.4 Å². The predicted octanol–water partition coefficient (Wildman–Crippen LogP) is 2.23. The minimum absolute atomic E-state index is 0.0275. The zero-order valence-corrected chi connectivity index (χ0v) is 12.5. The standard InChI is InChI=1S/C17H20N2O3/c20-13-10-12(11-13)16(21)18-15-7-3-2-6-14(15)17(22)19-8-4-1-5-9-19/h2-3,6-7,12H,1,4-5,8-11H2,(H,18,21). The molecule has 0 spiro atoms. The van der Waals surface area contributed by atoms with E-state index in [-0.39, 0.29) is 23.5 Å². The van der Waals surface area contributed by atoms with Gasteiger partial charge in [0.25, 0.3) is 5.91 Å². The summed E-state index contributed by atoms with van der Waals surface area (Å²) in [6.45, 7) is 1.55. The molecule has 2 aliphatic rings. The maximum Gasteiger partial charge on any atom is 0.255 e. The van der Waals surface area contributed by atoms with Crippen molar-refractivity contribution in [1.29, 1.82) is 0 Å². The minimum Gasteiger partial charge on any atom is -0.339 e. The van der Waals surface area contributed by atoms with Crippen LogP contribution in [0, 0.1) is 5.92 Å². The number of nitrogens with zero attached hydrogens (tertiary/aromatic N) is 1. The largest absolute Gasteiger partial charge is 0.339 e. The molecule has 2 fully saturated rings. The van der Waals surface area contributed by atoms with Gasteiger partial charge in [0.2, 0.25) is 5.91 Å². The molecule has 5 nitrogen and oxygen atoms in total. The molecule has 116 valence electrons. The number of nitrogens with one attached hydrogen (secondary N) is 1. The number of piperidine rings is 1. The van der Waals surface area contributed by atoms with Gasteiger partial charge in [-0.05, 0) is 31.4 Å². The Morgan fingerprint density at radius 3 is 2.41 bits per heavy atom. The number of carbonyl (C=O) groups excluding carboxylic acids is 3. The third-order valence-electron chi connectivity index (χ3n) is 4.38. The number of amides is 2. The van der Waals surface area contributed by atoms with Crippen LogP contribution in [0.3, 0.4) is 0 Å². The first-order valence-corrected chi connectivity index (χ1v) is 7.86. The first-order valence-electron chi connectivity index (χ1n) is 7.86. The van der Waals surface area contributed by atoms with Gasteiger partial charge >= 0.3 is 0 Å². The first-order chi connectivity index (χ1) is 10.6. The number of Topliss-reactive ketones (excluding diaryl/α,β-unsaturated/α-hetero) is 1. The van der Waals surface area contributed by atoms with Crippen molar-refractivity contribution in [3.63, 3.8) is 0 Å². The van der Waals surface area contributed by atoms with Gasteiger partial charge in [-0.1, -0.05) is 12.1 Å². The molecule has 0 radical (unpaired) electrons. The van der Waals surface area contributed by atoms with Crippen molar-refractivity contribution >= 4 is 23.3 Å². The molecule has 1 heterocycles. The monoisotopic (exact) mass is 300 g/mol. The molecule has 1 saturated carbocycles. The van der Waals surface area contributed by atoms with Gasteiger partial charge in [-0.15, -0.1) is 0 Å².